The molecule has 1 N–H and O–H groups in total. The van der Waals surface area contributed by atoms with Gasteiger partial charge in [0.25, 0.3) is 5.69 Å². The second-order valence-corrected chi connectivity index (χ2v) is 2.58. The average Bonchev–Trinajstić information content (AvgIpc) is 2.25. The zero-order valence-electron chi connectivity index (χ0n) is 7.66. The number of nitrogens with zero attached hydrogens (tertiary/aromatic N) is 3. The van der Waals surface area contributed by atoms with Crippen molar-refractivity contribution in [3.05, 3.63) is 33.3 Å². The largest absolute Gasteiger partial charge is 0.483 e. The van der Waals surface area contributed by atoms with Crippen LogP contribution in [0.1, 0.15) is 0 Å². The van der Waals surface area contributed by atoms with Crippen molar-refractivity contribution in [1.82, 2.24) is 0 Å². The monoisotopic (exact) mass is 210 g/mol. The van der Waals surface area contributed by atoms with Gasteiger partial charge in [0.2, 0.25) is 11.1 Å². The van der Waals surface area contributed by atoms with E-state index in [2.05, 4.69) is 4.98 Å². The van der Waals surface area contributed by atoms with Crippen molar-refractivity contribution in [1.29, 1.82) is 5.39 Å². The highest BCUT2D eigenvalue weighted by Gasteiger charge is 2.19. The molecule has 0 aromatic heterocycles. The van der Waals surface area contributed by atoms with Gasteiger partial charge < -0.3 is 9.84 Å². The molecule has 0 bridgehead atoms. The predicted octanol–water partition coefficient (Wildman–Crippen LogP) is 1.45. The SMILES string of the molecule is N#[N+]c1ccc([N+](=O)[O-])cc1OCCO. The van der Waals surface area contributed by atoms with E-state index in [9.17, 15) is 10.1 Å². The molecule has 0 amide bonds. The van der Waals surface area contributed by atoms with Gasteiger partial charge in [-0.25, -0.2) is 0 Å². The number of diazo groups is 1. The van der Waals surface area contributed by atoms with Gasteiger partial charge in [0.05, 0.1) is 17.6 Å². The van der Waals surface area contributed by atoms with Crippen LogP contribution >= 0.6 is 0 Å². The molecule has 0 aliphatic heterocycles. The van der Waals surface area contributed by atoms with Gasteiger partial charge in [0.1, 0.15) is 6.61 Å². The summed E-state index contributed by atoms with van der Waals surface area (Å²) in [6, 6.07) is 3.58. The van der Waals surface area contributed by atoms with Crippen molar-refractivity contribution in [2.45, 2.75) is 0 Å². The summed E-state index contributed by atoms with van der Waals surface area (Å²) in [5.74, 6) is 0.0563. The van der Waals surface area contributed by atoms with Crippen LogP contribution in [0.15, 0.2) is 18.2 Å². The first-order valence-corrected chi connectivity index (χ1v) is 4.06. The van der Waals surface area contributed by atoms with Gasteiger partial charge in [0.15, 0.2) is 4.98 Å². The van der Waals surface area contributed by atoms with E-state index in [4.69, 9.17) is 15.2 Å². The lowest BCUT2D eigenvalue weighted by atomic mass is 10.2. The molecular weight excluding hydrogens is 202 g/mol. The van der Waals surface area contributed by atoms with E-state index in [-0.39, 0.29) is 30.3 Å². The van der Waals surface area contributed by atoms with Crippen LogP contribution in [0, 0.1) is 15.5 Å². The van der Waals surface area contributed by atoms with Gasteiger partial charge >= 0.3 is 5.69 Å². The number of hydrogen-bond donors (Lipinski definition) is 1. The van der Waals surface area contributed by atoms with Crippen molar-refractivity contribution in [3.8, 4) is 5.75 Å². The Kier molecular flexibility index (Phi) is 3.54. The number of non-ortho nitro benzene ring substituents is 1. The second-order valence-electron chi connectivity index (χ2n) is 2.58. The van der Waals surface area contributed by atoms with Crippen LogP contribution in [-0.2, 0) is 0 Å². The maximum absolute atomic E-state index is 10.4. The fourth-order valence-corrected chi connectivity index (χ4v) is 0.970. The topological polar surface area (TPSA) is 101 Å². The molecule has 0 fully saturated rings. The van der Waals surface area contributed by atoms with Gasteiger partial charge in [-0.05, 0) is 0 Å². The zero-order valence-corrected chi connectivity index (χ0v) is 7.66. The minimum atomic E-state index is -0.590. The average molecular weight is 210 g/mol. The fraction of sp³-hybridized carbons (Fsp3) is 0.250. The summed E-state index contributed by atoms with van der Waals surface area (Å²) in [5, 5.41) is 27.5. The van der Waals surface area contributed by atoms with E-state index in [1.165, 1.54) is 12.1 Å². The van der Waals surface area contributed by atoms with Gasteiger partial charge in [0, 0.05) is 12.1 Å². The van der Waals surface area contributed by atoms with Crippen molar-refractivity contribution in [2.24, 2.45) is 0 Å². The van der Waals surface area contributed by atoms with Crippen LogP contribution in [0.25, 0.3) is 4.98 Å². The van der Waals surface area contributed by atoms with E-state index in [0.717, 1.165) is 6.07 Å². The molecule has 15 heavy (non-hydrogen) atoms. The van der Waals surface area contributed by atoms with Crippen LogP contribution in [0.4, 0.5) is 11.4 Å². The summed E-state index contributed by atoms with van der Waals surface area (Å²) >= 11 is 0. The fourth-order valence-electron chi connectivity index (χ4n) is 0.970. The van der Waals surface area contributed by atoms with Crippen LogP contribution < -0.4 is 4.74 Å². The van der Waals surface area contributed by atoms with Crippen molar-refractivity contribution >= 4 is 11.4 Å². The molecule has 78 valence electrons. The zero-order chi connectivity index (χ0) is 11.3. The second kappa shape index (κ2) is 4.88. The quantitative estimate of drug-likeness (QED) is 0.460. The maximum Gasteiger partial charge on any atom is 0.426 e. The Bertz CT molecular complexity index is 413. The van der Waals surface area contributed by atoms with Gasteiger partial charge in [-0.2, -0.15) is 0 Å². The Morgan fingerprint density at radius 2 is 2.33 bits per heavy atom. The number of aliphatic hydroxyl groups is 1. The molecule has 0 atom stereocenters. The lowest BCUT2D eigenvalue weighted by Gasteiger charge is -2.00. The first kappa shape index (κ1) is 10.9. The molecule has 0 heterocycles. The minimum absolute atomic E-state index is 0.0241. The molecule has 0 saturated heterocycles. The van der Waals surface area contributed by atoms with E-state index < -0.39 is 4.92 Å². The summed E-state index contributed by atoms with van der Waals surface area (Å²) in [7, 11) is 0. The van der Waals surface area contributed by atoms with E-state index in [1.807, 2.05) is 0 Å². The smallest absolute Gasteiger partial charge is 0.426 e. The molecule has 1 aromatic rings. The molecule has 7 heteroatoms. The number of hydrogen-bond acceptors (Lipinski definition) is 5. The van der Waals surface area contributed by atoms with Crippen molar-refractivity contribution < 1.29 is 14.8 Å². The summed E-state index contributed by atoms with van der Waals surface area (Å²) < 4.78 is 4.96. The number of aliphatic hydroxyl groups excluding tert-OH is 1. The lowest BCUT2D eigenvalue weighted by molar-refractivity contribution is -0.384. The lowest BCUT2D eigenvalue weighted by Crippen LogP contribution is -2.02. The van der Waals surface area contributed by atoms with Gasteiger partial charge in [-0.3, -0.25) is 10.1 Å². The Balaban J connectivity index is 3.03. The molecule has 7 nitrogen and oxygen atoms in total. The normalized spacial score (nSPS) is 9.33. The maximum atomic E-state index is 10.4. The van der Waals surface area contributed by atoms with Crippen molar-refractivity contribution in [2.75, 3.05) is 13.2 Å². The van der Waals surface area contributed by atoms with Crippen molar-refractivity contribution in [3.63, 3.8) is 0 Å². The molecule has 1 aromatic carbocycles. The van der Waals surface area contributed by atoms with E-state index in [1.54, 1.807) is 0 Å². The third-order valence-electron chi connectivity index (χ3n) is 1.61. The summed E-state index contributed by atoms with van der Waals surface area (Å²) in [5.41, 5.74) is -0.0932. The van der Waals surface area contributed by atoms with Crippen LogP contribution in [0.3, 0.4) is 0 Å². The third kappa shape index (κ3) is 2.62. The first-order chi connectivity index (χ1) is 7.19. The predicted molar refractivity (Wildman–Crippen MR) is 50.4 cm³/mol. The molecule has 1 rings (SSSR count). The molecular formula is C8H8N3O4+. The number of rotatable bonds is 4. The molecule has 0 unspecified atom stereocenters. The number of ether oxygens (including phenoxy) is 1. The number of nitro groups is 1. The molecule has 0 radical (unpaired) electrons. The highest BCUT2D eigenvalue weighted by Crippen LogP contribution is 2.31. The van der Waals surface area contributed by atoms with E-state index >= 15 is 0 Å². The van der Waals surface area contributed by atoms with Crippen LogP contribution in [0.2, 0.25) is 0 Å². The Morgan fingerprint density at radius 3 is 2.87 bits per heavy atom. The minimum Gasteiger partial charge on any atom is -0.483 e. The highest BCUT2D eigenvalue weighted by molar-refractivity contribution is 5.61. The molecule has 0 aliphatic carbocycles. The first-order valence-electron chi connectivity index (χ1n) is 4.06. The third-order valence-corrected chi connectivity index (χ3v) is 1.61. The highest BCUT2D eigenvalue weighted by atomic mass is 16.6. The number of nitro benzene ring substituents is 1. The standard InChI is InChI=1S/C8H8N3O4/c9-10-7-2-1-6(11(13)14)5-8(7)15-4-3-12/h1-2,5,12H,3-4H2/q+1. The van der Waals surface area contributed by atoms with Gasteiger partial charge in [-0.15, -0.1) is 0 Å². The Morgan fingerprint density at radius 1 is 1.60 bits per heavy atom. The van der Waals surface area contributed by atoms with Crippen LogP contribution in [-0.4, -0.2) is 23.2 Å². The van der Waals surface area contributed by atoms with Crippen LogP contribution in [0.5, 0.6) is 5.75 Å². The molecule has 0 saturated carbocycles. The Labute approximate surface area is 84.7 Å². The Hall–Kier alpha value is -2.20. The number of benzene rings is 1. The summed E-state index contributed by atoms with van der Waals surface area (Å²) in [6.45, 7) is -0.253. The molecule has 0 aliphatic rings. The van der Waals surface area contributed by atoms with Gasteiger partial charge in [-0.1, -0.05) is 0 Å². The molecule has 0 spiro atoms. The summed E-state index contributed by atoms with van der Waals surface area (Å²) in [4.78, 5) is 12.7. The van der Waals surface area contributed by atoms with E-state index in [0.29, 0.717) is 0 Å². The summed E-state index contributed by atoms with van der Waals surface area (Å²) in [6.07, 6.45) is 0.